The van der Waals surface area contributed by atoms with Crippen molar-refractivity contribution >= 4 is 34.5 Å². The first kappa shape index (κ1) is 25.4. The van der Waals surface area contributed by atoms with Gasteiger partial charge in [0.15, 0.2) is 0 Å². The monoisotopic (exact) mass is 527 g/mol. The summed E-state index contributed by atoms with van der Waals surface area (Å²) in [5.41, 5.74) is 7.88. The second-order valence-electron chi connectivity index (χ2n) is 11.1. The number of allylic oxidation sites excluding steroid dienone is 1. The Labute approximate surface area is 231 Å². The molecule has 0 spiro atoms. The minimum atomic E-state index is 0.553. The van der Waals surface area contributed by atoms with Crippen molar-refractivity contribution in [3.05, 3.63) is 82.1 Å². The van der Waals surface area contributed by atoms with Crippen molar-refractivity contribution in [2.75, 3.05) is 36.4 Å². The van der Waals surface area contributed by atoms with Crippen LogP contribution in [0.5, 0.6) is 0 Å². The molecule has 0 atom stereocenters. The van der Waals surface area contributed by atoms with Crippen LogP contribution in [0, 0.1) is 6.92 Å². The fourth-order valence-electron chi connectivity index (χ4n) is 6.06. The van der Waals surface area contributed by atoms with Crippen LogP contribution >= 0.6 is 11.6 Å². The summed E-state index contributed by atoms with van der Waals surface area (Å²) in [4.78, 5) is 14.7. The van der Waals surface area contributed by atoms with E-state index in [0.717, 1.165) is 41.6 Å². The van der Waals surface area contributed by atoms with Gasteiger partial charge in [0.1, 0.15) is 0 Å². The molecule has 3 fully saturated rings. The van der Waals surface area contributed by atoms with Crippen molar-refractivity contribution in [1.82, 2.24) is 14.9 Å². The van der Waals surface area contributed by atoms with Crippen LogP contribution in [0.2, 0.25) is 5.02 Å². The Hall–Kier alpha value is -2.89. The zero-order valence-corrected chi connectivity index (χ0v) is 23.3. The lowest BCUT2D eigenvalue weighted by Gasteiger charge is -2.38. The van der Waals surface area contributed by atoms with Gasteiger partial charge in [-0.2, -0.15) is 0 Å². The van der Waals surface area contributed by atoms with Gasteiger partial charge in [-0.05, 0) is 101 Å². The maximum Gasteiger partial charge on any atom is 0.227 e. The van der Waals surface area contributed by atoms with Crippen LogP contribution in [0.1, 0.15) is 73.8 Å². The number of likely N-dealkylation sites (tertiary alicyclic amines) is 1. The minimum Gasteiger partial charge on any atom is -0.371 e. The first-order chi connectivity index (χ1) is 18.6. The predicted octanol–water partition coefficient (Wildman–Crippen LogP) is 7.58. The van der Waals surface area contributed by atoms with Gasteiger partial charge in [0.25, 0.3) is 0 Å². The number of hydrogen-bond donors (Lipinski definition) is 1. The Morgan fingerprint density at radius 2 is 1.71 bits per heavy atom. The summed E-state index contributed by atoms with van der Waals surface area (Å²) in [6, 6.07) is 16.2. The van der Waals surface area contributed by atoms with Crippen LogP contribution in [0.3, 0.4) is 0 Å². The molecule has 2 aliphatic heterocycles. The van der Waals surface area contributed by atoms with E-state index in [2.05, 4.69) is 75.6 Å². The number of benzene rings is 2. The van der Waals surface area contributed by atoms with Gasteiger partial charge in [0.05, 0.1) is 16.9 Å². The number of anilines is 3. The molecule has 5 nitrogen and oxygen atoms in total. The molecule has 0 radical (unpaired) electrons. The Bertz CT molecular complexity index is 1300. The molecule has 3 aliphatic rings. The highest BCUT2D eigenvalue weighted by molar-refractivity contribution is 6.32. The van der Waals surface area contributed by atoms with Crippen molar-refractivity contribution in [3.8, 4) is 0 Å². The average molecular weight is 528 g/mol. The molecule has 3 aromatic rings. The standard InChI is InChI=1S/C32H38ClN5/c1-3-29(24-8-6-22(2)7-9-24)31-30(33)21-34-32(36-31)35-26-18-25(23-10-11-23)19-28(20-26)38-16-12-27(13-17-38)37-14-4-5-15-37/h3,6-9,18-21,23,27H,4-5,10-17H2,1-2H3,(H,34,35,36)/b29-3+. The zero-order chi connectivity index (χ0) is 26.1. The summed E-state index contributed by atoms with van der Waals surface area (Å²) in [6.07, 6.45) is 11.6. The lowest BCUT2D eigenvalue weighted by molar-refractivity contribution is 0.208. The third-order valence-corrected chi connectivity index (χ3v) is 8.66. The number of nitrogens with zero attached hydrogens (tertiary/aromatic N) is 4. The number of hydrogen-bond acceptors (Lipinski definition) is 5. The SMILES string of the molecule is C/C=C(\c1ccc(C)cc1)c1nc(Nc2cc(C3CC3)cc(N3CCC(N4CCCC4)CC3)c2)ncc1Cl. The fraction of sp³-hybridized carbons (Fsp3) is 0.438. The van der Waals surface area contributed by atoms with Crippen LogP contribution in [-0.4, -0.2) is 47.1 Å². The molecule has 38 heavy (non-hydrogen) atoms. The molecular formula is C32H38ClN5. The minimum absolute atomic E-state index is 0.553. The summed E-state index contributed by atoms with van der Waals surface area (Å²) >= 11 is 6.61. The fourth-order valence-corrected chi connectivity index (χ4v) is 6.25. The van der Waals surface area contributed by atoms with Crippen molar-refractivity contribution in [2.24, 2.45) is 0 Å². The highest BCUT2D eigenvalue weighted by Crippen LogP contribution is 2.43. The third kappa shape index (κ3) is 5.60. The molecule has 2 saturated heterocycles. The average Bonchev–Trinajstić information content (AvgIpc) is 3.65. The topological polar surface area (TPSA) is 44.3 Å². The van der Waals surface area contributed by atoms with E-state index in [0.29, 0.717) is 16.9 Å². The summed E-state index contributed by atoms with van der Waals surface area (Å²) < 4.78 is 0. The Morgan fingerprint density at radius 3 is 2.39 bits per heavy atom. The summed E-state index contributed by atoms with van der Waals surface area (Å²) in [5, 5.41) is 4.08. The van der Waals surface area contributed by atoms with E-state index in [-0.39, 0.29) is 0 Å². The molecule has 6 heteroatoms. The predicted molar refractivity (Wildman–Crippen MR) is 159 cm³/mol. The molecule has 2 aromatic carbocycles. The lowest BCUT2D eigenvalue weighted by atomic mass is 10.0. The molecule has 1 aliphatic carbocycles. The number of piperidine rings is 1. The van der Waals surface area contributed by atoms with E-state index < -0.39 is 0 Å². The molecule has 1 saturated carbocycles. The normalized spacial score (nSPS) is 19.2. The zero-order valence-electron chi connectivity index (χ0n) is 22.6. The molecule has 6 rings (SSSR count). The molecule has 3 heterocycles. The first-order valence-corrected chi connectivity index (χ1v) is 14.6. The maximum absolute atomic E-state index is 6.61. The molecular weight excluding hydrogens is 490 g/mol. The number of rotatable bonds is 7. The largest absolute Gasteiger partial charge is 0.371 e. The second-order valence-corrected chi connectivity index (χ2v) is 11.5. The van der Waals surface area contributed by atoms with Gasteiger partial charge in [0.2, 0.25) is 5.95 Å². The number of aromatic nitrogens is 2. The lowest BCUT2D eigenvalue weighted by Crippen LogP contribution is -2.43. The van der Waals surface area contributed by atoms with E-state index in [1.54, 1.807) is 6.20 Å². The summed E-state index contributed by atoms with van der Waals surface area (Å²) in [5.74, 6) is 1.25. The van der Waals surface area contributed by atoms with E-state index >= 15 is 0 Å². The molecule has 0 amide bonds. The van der Waals surface area contributed by atoms with Crippen LogP contribution in [-0.2, 0) is 0 Å². The Morgan fingerprint density at radius 1 is 0.974 bits per heavy atom. The van der Waals surface area contributed by atoms with Gasteiger partial charge in [-0.1, -0.05) is 47.5 Å². The third-order valence-electron chi connectivity index (χ3n) is 8.38. The van der Waals surface area contributed by atoms with Gasteiger partial charge in [-0.3, -0.25) is 0 Å². The van der Waals surface area contributed by atoms with Crippen LogP contribution in [0.4, 0.5) is 17.3 Å². The quantitative estimate of drug-likeness (QED) is 0.343. The maximum atomic E-state index is 6.61. The highest BCUT2D eigenvalue weighted by Gasteiger charge is 2.28. The van der Waals surface area contributed by atoms with Gasteiger partial charge in [-0.25, -0.2) is 9.97 Å². The van der Waals surface area contributed by atoms with Gasteiger partial charge >= 0.3 is 0 Å². The molecule has 0 unspecified atom stereocenters. The van der Waals surface area contributed by atoms with Gasteiger partial charge in [-0.15, -0.1) is 0 Å². The van der Waals surface area contributed by atoms with Crippen molar-refractivity contribution < 1.29 is 0 Å². The van der Waals surface area contributed by atoms with Crippen LogP contribution in [0.15, 0.2) is 54.7 Å². The number of halogens is 1. The highest BCUT2D eigenvalue weighted by atomic mass is 35.5. The van der Waals surface area contributed by atoms with Crippen molar-refractivity contribution in [3.63, 3.8) is 0 Å². The molecule has 198 valence electrons. The molecule has 1 N–H and O–H groups in total. The summed E-state index contributed by atoms with van der Waals surface area (Å²) in [7, 11) is 0. The van der Waals surface area contributed by atoms with Crippen LogP contribution in [0.25, 0.3) is 5.57 Å². The van der Waals surface area contributed by atoms with Gasteiger partial charge in [0, 0.05) is 36.1 Å². The van der Waals surface area contributed by atoms with E-state index in [4.69, 9.17) is 16.6 Å². The number of nitrogens with one attached hydrogen (secondary N) is 1. The van der Waals surface area contributed by atoms with Gasteiger partial charge < -0.3 is 15.1 Å². The second kappa shape index (κ2) is 11.1. The summed E-state index contributed by atoms with van der Waals surface area (Å²) in [6.45, 7) is 8.95. The van der Waals surface area contributed by atoms with Crippen molar-refractivity contribution in [1.29, 1.82) is 0 Å². The Balaban J connectivity index is 1.23. The first-order valence-electron chi connectivity index (χ1n) is 14.2. The van der Waals surface area contributed by atoms with Crippen LogP contribution < -0.4 is 10.2 Å². The van der Waals surface area contributed by atoms with Crippen molar-refractivity contribution in [2.45, 2.75) is 64.3 Å². The van der Waals surface area contributed by atoms with E-state index in [1.807, 2.05) is 6.92 Å². The van der Waals surface area contributed by atoms with E-state index in [9.17, 15) is 0 Å². The van der Waals surface area contributed by atoms with E-state index in [1.165, 1.54) is 68.4 Å². The smallest absolute Gasteiger partial charge is 0.227 e. The number of aryl methyl sites for hydroxylation is 1. The molecule has 1 aromatic heterocycles. The Kier molecular flexibility index (Phi) is 7.40. The molecule has 0 bridgehead atoms.